The van der Waals surface area contributed by atoms with Gasteiger partial charge in [-0.25, -0.2) is 9.97 Å². The van der Waals surface area contributed by atoms with Crippen molar-refractivity contribution in [1.82, 2.24) is 20.3 Å². The Kier molecular flexibility index (Phi) is 4.41. The molecule has 1 atom stereocenters. The molecular weight excluding hydrogens is 402 g/mol. The highest BCUT2D eigenvalue weighted by Gasteiger charge is 2.52. The molecule has 1 saturated carbocycles. The van der Waals surface area contributed by atoms with E-state index in [9.17, 15) is 4.79 Å². The third kappa shape index (κ3) is 3.12. The molecule has 2 fully saturated rings. The first-order chi connectivity index (χ1) is 15.7. The van der Waals surface area contributed by atoms with Gasteiger partial charge >= 0.3 is 0 Å². The van der Waals surface area contributed by atoms with E-state index >= 15 is 0 Å². The van der Waals surface area contributed by atoms with Gasteiger partial charge in [-0.3, -0.25) is 9.78 Å². The topological polar surface area (TPSA) is 84.2 Å². The van der Waals surface area contributed by atoms with E-state index < -0.39 is 0 Å². The number of hydrogen-bond donors (Lipinski definition) is 1. The monoisotopic (exact) mass is 425 g/mol. The van der Waals surface area contributed by atoms with E-state index in [1.165, 1.54) is 12.5 Å². The number of carbonyl (C=O) groups is 1. The van der Waals surface area contributed by atoms with Crippen molar-refractivity contribution < 1.29 is 9.21 Å². The number of anilines is 1. The van der Waals surface area contributed by atoms with Gasteiger partial charge in [-0.05, 0) is 43.2 Å². The van der Waals surface area contributed by atoms with Crippen LogP contribution in [-0.4, -0.2) is 40.0 Å². The van der Waals surface area contributed by atoms with E-state index in [-0.39, 0.29) is 17.4 Å². The number of amides is 1. The largest absolute Gasteiger partial charge is 0.472 e. The number of fused-ring (bicyclic) bond motifs is 1. The van der Waals surface area contributed by atoms with Crippen molar-refractivity contribution in [3.05, 3.63) is 72.9 Å². The molecule has 1 unspecified atom stereocenters. The predicted octanol–water partition coefficient (Wildman–Crippen LogP) is 4.07. The van der Waals surface area contributed by atoms with E-state index in [2.05, 4.69) is 21.3 Å². The minimum Gasteiger partial charge on any atom is -0.472 e. The summed E-state index contributed by atoms with van der Waals surface area (Å²) in [7, 11) is 0. The summed E-state index contributed by atoms with van der Waals surface area (Å²) in [6.45, 7) is 1.74. The molecule has 1 aromatic carbocycles. The first kappa shape index (κ1) is 19.0. The summed E-state index contributed by atoms with van der Waals surface area (Å²) in [5, 5.41) is 4.30. The maximum absolute atomic E-state index is 12.6. The first-order valence-corrected chi connectivity index (χ1v) is 11.0. The molecule has 1 spiro atoms. The average Bonchev–Trinajstić information content (AvgIpc) is 3.48. The Bertz CT molecular complexity index is 1270. The lowest BCUT2D eigenvalue weighted by Crippen LogP contribution is -2.64. The fraction of sp³-hybridized carbons (Fsp3) is 0.280. The Morgan fingerprint density at radius 3 is 2.84 bits per heavy atom. The summed E-state index contributed by atoms with van der Waals surface area (Å²) in [6, 6.07) is 13.9. The van der Waals surface area contributed by atoms with E-state index in [1.807, 2.05) is 30.3 Å². The molecule has 7 heteroatoms. The molecule has 1 aliphatic heterocycles. The van der Waals surface area contributed by atoms with Gasteiger partial charge < -0.3 is 14.6 Å². The Hall–Kier alpha value is -3.74. The number of pyridine rings is 1. The quantitative estimate of drug-likeness (QED) is 0.531. The second-order valence-corrected chi connectivity index (χ2v) is 8.78. The summed E-state index contributed by atoms with van der Waals surface area (Å²) < 4.78 is 5.07. The van der Waals surface area contributed by atoms with Gasteiger partial charge in [-0.2, -0.15) is 0 Å². The zero-order valence-electron chi connectivity index (χ0n) is 17.6. The van der Waals surface area contributed by atoms with E-state index in [0.29, 0.717) is 11.4 Å². The number of nitrogens with zero attached hydrogens (tertiary/aromatic N) is 4. The highest BCUT2D eigenvalue weighted by molar-refractivity contribution is 5.94. The summed E-state index contributed by atoms with van der Waals surface area (Å²) >= 11 is 0. The Balaban J connectivity index is 1.29. The molecule has 0 radical (unpaired) electrons. The van der Waals surface area contributed by atoms with Crippen molar-refractivity contribution in [2.75, 3.05) is 18.0 Å². The van der Waals surface area contributed by atoms with Crippen molar-refractivity contribution in [3.63, 3.8) is 0 Å². The Morgan fingerprint density at radius 1 is 1.12 bits per heavy atom. The average molecular weight is 425 g/mol. The van der Waals surface area contributed by atoms with Crippen LogP contribution in [0.15, 0.2) is 71.8 Å². The third-order valence-corrected chi connectivity index (χ3v) is 6.81. The first-order valence-electron chi connectivity index (χ1n) is 11.0. The standard InChI is InChI=1S/C25H23N5O2/c31-24(18-9-12-32-14-18)28-21-8-3-10-25(21)15-30(16-25)23-19-6-1-2-7-20(19)27-22(29-23)17-5-4-11-26-13-17/h1-2,4-7,9,11-14,21H,3,8,10,15-16H2,(H,28,31). The third-order valence-electron chi connectivity index (χ3n) is 6.81. The summed E-state index contributed by atoms with van der Waals surface area (Å²) in [5.41, 5.74) is 2.49. The van der Waals surface area contributed by atoms with Gasteiger partial charge in [0.25, 0.3) is 5.91 Å². The molecule has 4 aromatic rings. The van der Waals surface area contributed by atoms with Crippen LogP contribution in [-0.2, 0) is 0 Å². The number of carbonyl (C=O) groups excluding carboxylic acids is 1. The van der Waals surface area contributed by atoms with Crippen molar-refractivity contribution in [1.29, 1.82) is 0 Å². The van der Waals surface area contributed by atoms with Gasteiger partial charge in [0.2, 0.25) is 0 Å². The van der Waals surface area contributed by atoms with Crippen molar-refractivity contribution in [3.8, 4) is 11.4 Å². The second kappa shape index (κ2) is 7.44. The molecule has 1 saturated heterocycles. The molecule has 0 bridgehead atoms. The Labute approximate surface area is 185 Å². The van der Waals surface area contributed by atoms with Crippen molar-refractivity contribution in [2.45, 2.75) is 25.3 Å². The van der Waals surface area contributed by atoms with Crippen LogP contribution in [0.3, 0.4) is 0 Å². The molecule has 160 valence electrons. The van der Waals surface area contributed by atoms with Crippen LogP contribution >= 0.6 is 0 Å². The van der Waals surface area contributed by atoms with Crippen LogP contribution in [0.25, 0.3) is 22.3 Å². The number of benzene rings is 1. The van der Waals surface area contributed by atoms with E-state index in [0.717, 1.165) is 54.6 Å². The number of hydrogen-bond acceptors (Lipinski definition) is 6. The molecule has 2 aliphatic rings. The smallest absolute Gasteiger partial charge is 0.254 e. The van der Waals surface area contributed by atoms with Crippen molar-refractivity contribution >= 4 is 22.6 Å². The van der Waals surface area contributed by atoms with Gasteiger partial charge in [0.05, 0.1) is 17.3 Å². The minimum atomic E-state index is -0.0603. The Morgan fingerprint density at radius 2 is 2.03 bits per heavy atom. The number of para-hydroxylation sites is 1. The normalized spacial score (nSPS) is 19.2. The zero-order valence-corrected chi connectivity index (χ0v) is 17.6. The summed E-state index contributed by atoms with van der Waals surface area (Å²) in [5.74, 6) is 1.57. The molecular formula is C25H23N5O2. The second-order valence-electron chi connectivity index (χ2n) is 8.78. The molecule has 6 rings (SSSR count). The molecule has 7 nitrogen and oxygen atoms in total. The van der Waals surface area contributed by atoms with Gasteiger partial charge in [0.15, 0.2) is 5.82 Å². The summed E-state index contributed by atoms with van der Waals surface area (Å²) in [6.07, 6.45) is 9.81. The molecule has 1 N–H and O–H groups in total. The van der Waals surface area contributed by atoms with Crippen LogP contribution in [0, 0.1) is 5.41 Å². The van der Waals surface area contributed by atoms with E-state index in [1.54, 1.807) is 18.5 Å². The van der Waals surface area contributed by atoms with Crippen LogP contribution < -0.4 is 10.2 Å². The lowest BCUT2D eigenvalue weighted by atomic mass is 9.74. The number of rotatable bonds is 4. The summed E-state index contributed by atoms with van der Waals surface area (Å²) in [4.78, 5) is 28.9. The van der Waals surface area contributed by atoms with Gasteiger partial charge in [-0.1, -0.05) is 18.6 Å². The van der Waals surface area contributed by atoms with Gasteiger partial charge in [-0.15, -0.1) is 0 Å². The van der Waals surface area contributed by atoms with Crippen LogP contribution in [0.5, 0.6) is 0 Å². The maximum atomic E-state index is 12.6. The van der Waals surface area contributed by atoms with Crippen molar-refractivity contribution in [2.24, 2.45) is 5.41 Å². The molecule has 32 heavy (non-hydrogen) atoms. The molecule has 3 aromatic heterocycles. The number of aromatic nitrogens is 3. The zero-order chi connectivity index (χ0) is 21.5. The predicted molar refractivity (Wildman–Crippen MR) is 121 cm³/mol. The number of nitrogens with one attached hydrogen (secondary N) is 1. The lowest BCUT2D eigenvalue weighted by Gasteiger charge is -2.52. The minimum absolute atomic E-state index is 0.0603. The van der Waals surface area contributed by atoms with Crippen LogP contribution in [0.1, 0.15) is 29.6 Å². The van der Waals surface area contributed by atoms with Crippen LogP contribution in [0.4, 0.5) is 5.82 Å². The lowest BCUT2D eigenvalue weighted by molar-refractivity contribution is 0.0868. The number of furan rings is 1. The highest BCUT2D eigenvalue weighted by Crippen LogP contribution is 2.48. The SMILES string of the molecule is O=C(NC1CCCC12CN(c1nc(-c3cccnc3)nc3ccccc13)C2)c1ccoc1. The molecule has 4 heterocycles. The van der Waals surface area contributed by atoms with E-state index in [4.69, 9.17) is 14.4 Å². The van der Waals surface area contributed by atoms with Gasteiger partial charge in [0, 0.05) is 47.9 Å². The van der Waals surface area contributed by atoms with Crippen LogP contribution in [0.2, 0.25) is 0 Å². The molecule has 1 amide bonds. The van der Waals surface area contributed by atoms with Gasteiger partial charge in [0.1, 0.15) is 12.1 Å². The highest BCUT2D eigenvalue weighted by atomic mass is 16.3. The fourth-order valence-corrected chi connectivity index (χ4v) is 5.17. The maximum Gasteiger partial charge on any atom is 0.254 e. The fourth-order valence-electron chi connectivity index (χ4n) is 5.17. The molecule has 1 aliphatic carbocycles.